The van der Waals surface area contributed by atoms with Gasteiger partial charge in [0.15, 0.2) is 10.8 Å². The summed E-state index contributed by atoms with van der Waals surface area (Å²) in [5.41, 5.74) is 3.15. The molecule has 8 heteroatoms. The summed E-state index contributed by atoms with van der Waals surface area (Å²) in [6, 6.07) is 11.5. The SMILES string of the molecule is CCn1c(SCc2cc(=O)n3[nH]cc(C#N)c3n2)nc2ccccc21. The first-order valence-electron chi connectivity index (χ1n) is 7.79. The van der Waals surface area contributed by atoms with E-state index in [4.69, 9.17) is 5.26 Å². The van der Waals surface area contributed by atoms with E-state index in [9.17, 15) is 4.79 Å². The molecule has 3 heterocycles. The number of imidazole rings is 1. The summed E-state index contributed by atoms with van der Waals surface area (Å²) in [5.74, 6) is 0.505. The van der Waals surface area contributed by atoms with E-state index in [-0.39, 0.29) is 5.56 Å². The number of fused-ring (bicyclic) bond motifs is 2. The number of aryl methyl sites for hydroxylation is 1. The number of nitrogens with one attached hydrogen (secondary N) is 1. The van der Waals surface area contributed by atoms with Gasteiger partial charge in [0.25, 0.3) is 5.56 Å². The van der Waals surface area contributed by atoms with E-state index in [2.05, 4.69) is 26.6 Å². The van der Waals surface area contributed by atoms with Crippen LogP contribution in [0.5, 0.6) is 0 Å². The molecule has 0 unspecified atom stereocenters. The highest BCUT2D eigenvalue weighted by molar-refractivity contribution is 7.98. The van der Waals surface area contributed by atoms with Gasteiger partial charge in [-0.2, -0.15) is 5.26 Å². The predicted octanol–water partition coefficient (Wildman–Crippen LogP) is 2.56. The zero-order valence-electron chi connectivity index (χ0n) is 13.4. The van der Waals surface area contributed by atoms with Crippen LogP contribution in [0.2, 0.25) is 0 Å². The second-order valence-electron chi connectivity index (χ2n) is 5.46. The number of thioether (sulfide) groups is 1. The van der Waals surface area contributed by atoms with Gasteiger partial charge in [-0.3, -0.25) is 9.89 Å². The monoisotopic (exact) mass is 350 g/mol. The molecule has 1 aromatic carbocycles. The number of nitriles is 1. The van der Waals surface area contributed by atoms with Gasteiger partial charge in [-0.05, 0) is 19.1 Å². The highest BCUT2D eigenvalue weighted by Crippen LogP contribution is 2.26. The lowest BCUT2D eigenvalue weighted by molar-refractivity contribution is 0.702. The number of hydrogen-bond donors (Lipinski definition) is 1. The molecule has 0 aliphatic heterocycles. The minimum Gasteiger partial charge on any atom is -0.319 e. The second kappa shape index (κ2) is 6.11. The Bertz CT molecular complexity index is 1180. The maximum Gasteiger partial charge on any atom is 0.272 e. The molecule has 0 aliphatic carbocycles. The summed E-state index contributed by atoms with van der Waals surface area (Å²) in [6.07, 6.45) is 1.48. The van der Waals surface area contributed by atoms with Crippen LogP contribution in [-0.2, 0) is 12.3 Å². The standard InChI is InChI=1S/C17H14N6OS/c1-2-22-14-6-4-3-5-13(14)21-17(22)25-10-12-7-15(24)23-16(20-12)11(8-18)9-19-23/h3-7,9,19H,2,10H2,1H3. The van der Waals surface area contributed by atoms with Crippen molar-refractivity contribution >= 4 is 28.4 Å². The van der Waals surface area contributed by atoms with Crippen molar-refractivity contribution in [2.75, 3.05) is 0 Å². The normalized spacial score (nSPS) is 11.2. The number of para-hydroxylation sites is 2. The van der Waals surface area contributed by atoms with Crippen LogP contribution >= 0.6 is 11.8 Å². The molecule has 3 aromatic heterocycles. The average molecular weight is 350 g/mol. The molecule has 0 aliphatic rings. The zero-order chi connectivity index (χ0) is 17.4. The van der Waals surface area contributed by atoms with E-state index in [1.807, 2.05) is 30.3 Å². The fraction of sp³-hybridized carbons (Fsp3) is 0.176. The highest BCUT2D eigenvalue weighted by atomic mass is 32.2. The van der Waals surface area contributed by atoms with Gasteiger partial charge >= 0.3 is 0 Å². The van der Waals surface area contributed by atoms with Gasteiger partial charge in [0.2, 0.25) is 0 Å². The maximum absolute atomic E-state index is 12.2. The fourth-order valence-corrected chi connectivity index (χ4v) is 3.76. The Labute approximate surface area is 146 Å². The molecular formula is C17H14N6OS. The molecule has 0 amide bonds. The molecule has 25 heavy (non-hydrogen) atoms. The Morgan fingerprint density at radius 2 is 2.16 bits per heavy atom. The van der Waals surface area contributed by atoms with E-state index in [0.717, 1.165) is 22.7 Å². The average Bonchev–Trinajstić information content (AvgIpc) is 3.20. The van der Waals surface area contributed by atoms with E-state index in [0.29, 0.717) is 22.7 Å². The Hall–Kier alpha value is -3.05. The van der Waals surface area contributed by atoms with Crippen LogP contribution in [0.1, 0.15) is 18.2 Å². The fourth-order valence-electron chi connectivity index (χ4n) is 2.79. The molecule has 0 atom stereocenters. The highest BCUT2D eigenvalue weighted by Gasteiger charge is 2.12. The topological polar surface area (TPSA) is 91.8 Å². The lowest BCUT2D eigenvalue weighted by atomic mass is 10.3. The van der Waals surface area contributed by atoms with Crippen molar-refractivity contribution in [2.45, 2.75) is 24.4 Å². The minimum atomic E-state index is -0.230. The molecule has 0 saturated carbocycles. The maximum atomic E-state index is 12.2. The Balaban J connectivity index is 1.69. The summed E-state index contributed by atoms with van der Waals surface area (Å²) < 4.78 is 3.41. The summed E-state index contributed by atoms with van der Waals surface area (Å²) in [4.78, 5) is 21.3. The quantitative estimate of drug-likeness (QED) is 0.571. The Morgan fingerprint density at radius 3 is 2.96 bits per heavy atom. The first-order valence-corrected chi connectivity index (χ1v) is 8.78. The van der Waals surface area contributed by atoms with Gasteiger partial charge in [-0.15, -0.1) is 0 Å². The number of benzene rings is 1. The third-order valence-corrected chi connectivity index (χ3v) is 4.97. The van der Waals surface area contributed by atoms with Gasteiger partial charge in [-0.1, -0.05) is 23.9 Å². The molecule has 0 fully saturated rings. The van der Waals surface area contributed by atoms with Gasteiger partial charge in [-0.25, -0.2) is 14.5 Å². The number of aromatic nitrogens is 5. The van der Waals surface area contributed by atoms with Crippen LogP contribution in [0.4, 0.5) is 0 Å². The van der Waals surface area contributed by atoms with Crippen molar-refractivity contribution in [1.82, 2.24) is 24.1 Å². The van der Waals surface area contributed by atoms with Crippen LogP contribution in [0.3, 0.4) is 0 Å². The third-order valence-electron chi connectivity index (χ3n) is 3.96. The molecule has 7 nitrogen and oxygen atoms in total. The van der Waals surface area contributed by atoms with Crippen molar-refractivity contribution in [1.29, 1.82) is 5.26 Å². The van der Waals surface area contributed by atoms with Crippen LogP contribution < -0.4 is 5.56 Å². The van der Waals surface area contributed by atoms with E-state index in [1.54, 1.807) is 0 Å². The molecule has 0 saturated heterocycles. The second-order valence-corrected chi connectivity index (χ2v) is 6.40. The van der Waals surface area contributed by atoms with Crippen molar-refractivity contribution in [3.05, 3.63) is 58.1 Å². The minimum absolute atomic E-state index is 0.230. The van der Waals surface area contributed by atoms with Crippen molar-refractivity contribution in [3.63, 3.8) is 0 Å². The summed E-state index contributed by atoms with van der Waals surface area (Å²) in [6.45, 7) is 2.89. The first-order chi connectivity index (χ1) is 12.2. The predicted molar refractivity (Wildman–Crippen MR) is 95.5 cm³/mol. The largest absolute Gasteiger partial charge is 0.319 e. The lowest BCUT2D eigenvalue weighted by Crippen LogP contribution is -2.15. The number of aromatic amines is 1. The summed E-state index contributed by atoms with van der Waals surface area (Å²) in [5, 5.41) is 12.7. The number of nitrogens with zero attached hydrogens (tertiary/aromatic N) is 5. The number of H-pyrrole nitrogens is 1. The van der Waals surface area contributed by atoms with Crippen LogP contribution in [0, 0.1) is 11.3 Å². The van der Waals surface area contributed by atoms with Crippen LogP contribution in [0.25, 0.3) is 16.7 Å². The Morgan fingerprint density at radius 1 is 1.32 bits per heavy atom. The van der Waals surface area contributed by atoms with Gasteiger partial charge in [0.05, 0.1) is 16.7 Å². The Kier molecular flexibility index (Phi) is 3.78. The molecule has 4 aromatic rings. The van der Waals surface area contributed by atoms with Crippen molar-refractivity contribution in [2.24, 2.45) is 0 Å². The van der Waals surface area contributed by atoms with Crippen molar-refractivity contribution in [3.8, 4) is 6.07 Å². The molecule has 1 N–H and O–H groups in total. The van der Waals surface area contributed by atoms with Crippen LogP contribution in [-0.4, -0.2) is 24.1 Å². The van der Waals surface area contributed by atoms with E-state index < -0.39 is 0 Å². The van der Waals surface area contributed by atoms with Crippen molar-refractivity contribution < 1.29 is 0 Å². The zero-order valence-corrected chi connectivity index (χ0v) is 14.2. The smallest absolute Gasteiger partial charge is 0.272 e. The molecule has 0 radical (unpaired) electrons. The number of hydrogen-bond acceptors (Lipinski definition) is 5. The van der Waals surface area contributed by atoms with E-state index >= 15 is 0 Å². The van der Waals surface area contributed by atoms with E-state index in [1.165, 1.54) is 28.5 Å². The molecular weight excluding hydrogens is 336 g/mol. The molecule has 124 valence electrons. The van der Waals surface area contributed by atoms with Gasteiger partial charge in [0, 0.05) is 24.6 Å². The van der Waals surface area contributed by atoms with Gasteiger partial charge in [0.1, 0.15) is 11.6 Å². The third kappa shape index (κ3) is 2.58. The summed E-state index contributed by atoms with van der Waals surface area (Å²) >= 11 is 1.53. The summed E-state index contributed by atoms with van der Waals surface area (Å²) in [7, 11) is 0. The van der Waals surface area contributed by atoms with Crippen LogP contribution in [0.15, 0.2) is 46.5 Å². The number of rotatable bonds is 4. The molecule has 4 rings (SSSR count). The lowest BCUT2D eigenvalue weighted by Gasteiger charge is -2.05. The van der Waals surface area contributed by atoms with Gasteiger partial charge < -0.3 is 4.57 Å². The molecule has 0 bridgehead atoms. The molecule has 0 spiro atoms. The first kappa shape index (κ1) is 15.5.